The number of nitro groups is 1. The maximum absolute atomic E-state index is 10.9. The van der Waals surface area contributed by atoms with Gasteiger partial charge >= 0.3 is 0 Å². The highest BCUT2D eigenvalue weighted by atomic mass is 79.9. The number of nitrogens with zero attached hydrogens (tertiary/aromatic N) is 1. The summed E-state index contributed by atoms with van der Waals surface area (Å²) in [5.41, 5.74) is 0.900. The van der Waals surface area contributed by atoms with Crippen molar-refractivity contribution < 1.29 is 4.92 Å². The molecule has 4 nitrogen and oxygen atoms in total. The Morgan fingerprint density at radius 1 is 1.41 bits per heavy atom. The van der Waals surface area contributed by atoms with Gasteiger partial charge in [-0.25, -0.2) is 0 Å². The van der Waals surface area contributed by atoms with Crippen molar-refractivity contribution in [2.45, 2.75) is 32.7 Å². The minimum atomic E-state index is -0.339. The molecule has 0 saturated carbocycles. The van der Waals surface area contributed by atoms with Crippen molar-refractivity contribution in [3.05, 3.63) is 38.3 Å². The van der Waals surface area contributed by atoms with Crippen LogP contribution in [0.1, 0.15) is 31.7 Å². The second-order valence-electron chi connectivity index (χ2n) is 3.91. The van der Waals surface area contributed by atoms with Gasteiger partial charge in [-0.3, -0.25) is 10.1 Å². The zero-order valence-electron chi connectivity index (χ0n) is 9.91. The van der Waals surface area contributed by atoms with Crippen LogP contribution in [0, 0.1) is 10.1 Å². The molecule has 0 amide bonds. The number of benzene rings is 1. The number of nitrogens with one attached hydrogen (secondary N) is 1. The number of hydrogen-bond donors (Lipinski definition) is 1. The Kier molecular flexibility index (Phi) is 6.15. The van der Waals surface area contributed by atoms with Crippen LogP contribution < -0.4 is 5.32 Å². The largest absolute Gasteiger partial charge is 0.312 e. The molecule has 0 aliphatic rings. The summed E-state index contributed by atoms with van der Waals surface area (Å²) in [4.78, 5) is 10.5. The van der Waals surface area contributed by atoms with Gasteiger partial charge in [-0.05, 0) is 25.1 Å². The molecule has 0 aromatic heterocycles. The zero-order valence-corrected chi connectivity index (χ0v) is 11.5. The van der Waals surface area contributed by atoms with Crippen LogP contribution in [0.4, 0.5) is 5.69 Å². The summed E-state index contributed by atoms with van der Waals surface area (Å²) < 4.78 is 0.735. The summed E-state index contributed by atoms with van der Waals surface area (Å²) in [5.74, 6) is 0. The highest BCUT2D eigenvalue weighted by Crippen LogP contribution is 2.23. The normalized spacial score (nSPS) is 10.5. The average Bonchev–Trinajstić information content (AvgIpc) is 2.30. The van der Waals surface area contributed by atoms with E-state index >= 15 is 0 Å². The first-order valence-corrected chi connectivity index (χ1v) is 6.58. The van der Waals surface area contributed by atoms with E-state index in [4.69, 9.17) is 0 Å². The molecule has 1 aromatic rings. The Morgan fingerprint density at radius 2 is 2.18 bits per heavy atom. The Labute approximate surface area is 110 Å². The lowest BCUT2D eigenvalue weighted by Gasteiger charge is -2.05. The van der Waals surface area contributed by atoms with Gasteiger partial charge in [0.25, 0.3) is 5.69 Å². The SMILES string of the molecule is CCCCCNCc1ccc(Br)cc1[N+](=O)[O-]. The van der Waals surface area contributed by atoms with E-state index in [1.807, 2.05) is 6.07 Å². The third-order valence-corrected chi connectivity index (χ3v) is 3.01. The van der Waals surface area contributed by atoms with E-state index in [1.54, 1.807) is 12.1 Å². The lowest BCUT2D eigenvalue weighted by Crippen LogP contribution is -2.15. The lowest BCUT2D eigenvalue weighted by molar-refractivity contribution is -0.385. The van der Waals surface area contributed by atoms with Crippen LogP contribution in [0.5, 0.6) is 0 Å². The number of unbranched alkanes of at least 4 members (excludes halogenated alkanes) is 2. The molecular formula is C12H17BrN2O2. The number of halogens is 1. The third-order valence-electron chi connectivity index (χ3n) is 2.52. The zero-order chi connectivity index (χ0) is 12.7. The molecule has 0 atom stereocenters. The van der Waals surface area contributed by atoms with Crippen LogP contribution in [-0.2, 0) is 6.54 Å². The van der Waals surface area contributed by atoms with Gasteiger partial charge in [-0.15, -0.1) is 0 Å². The van der Waals surface area contributed by atoms with Crippen LogP contribution in [0.15, 0.2) is 22.7 Å². The van der Waals surface area contributed by atoms with Crippen LogP contribution in [-0.4, -0.2) is 11.5 Å². The van der Waals surface area contributed by atoms with E-state index in [9.17, 15) is 10.1 Å². The predicted octanol–water partition coefficient (Wildman–Crippen LogP) is 3.64. The maximum Gasteiger partial charge on any atom is 0.275 e. The molecule has 1 rings (SSSR count). The summed E-state index contributed by atoms with van der Waals surface area (Å²) >= 11 is 3.24. The topological polar surface area (TPSA) is 55.2 Å². The molecule has 0 aliphatic heterocycles. The Balaban J connectivity index is 2.55. The Bertz CT molecular complexity index is 383. The van der Waals surface area contributed by atoms with E-state index in [1.165, 1.54) is 12.8 Å². The van der Waals surface area contributed by atoms with Gasteiger partial charge in [0.05, 0.1) is 4.92 Å². The third kappa shape index (κ3) is 4.83. The minimum absolute atomic E-state index is 0.169. The van der Waals surface area contributed by atoms with E-state index in [2.05, 4.69) is 28.2 Å². The summed E-state index contributed by atoms with van der Waals surface area (Å²) in [6, 6.07) is 5.16. The van der Waals surface area contributed by atoms with Crippen LogP contribution in [0.2, 0.25) is 0 Å². The predicted molar refractivity (Wildman–Crippen MR) is 72.0 cm³/mol. The van der Waals surface area contributed by atoms with Gasteiger partial charge in [0.15, 0.2) is 0 Å². The van der Waals surface area contributed by atoms with E-state index < -0.39 is 0 Å². The first-order valence-electron chi connectivity index (χ1n) is 5.78. The second kappa shape index (κ2) is 7.40. The molecule has 0 radical (unpaired) electrons. The molecule has 1 N–H and O–H groups in total. The molecule has 0 spiro atoms. The first-order chi connectivity index (χ1) is 8.15. The molecule has 94 valence electrons. The number of hydrogen-bond acceptors (Lipinski definition) is 3. The molecule has 0 unspecified atom stereocenters. The standard InChI is InChI=1S/C12H17BrN2O2/c1-2-3-4-7-14-9-10-5-6-11(13)8-12(10)15(16)17/h5-6,8,14H,2-4,7,9H2,1H3. The van der Waals surface area contributed by atoms with Crippen molar-refractivity contribution in [1.29, 1.82) is 0 Å². The smallest absolute Gasteiger partial charge is 0.275 e. The fourth-order valence-corrected chi connectivity index (χ4v) is 1.93. The fourth-order valence-electron chi connectivity index (χ4n) is 1.58. The summed E-state index contributed by atoms with van der Waals surface area (Å²) in [6.45, 7) is 3.61. The van der Waals surface area contributed by atoms with Crippen molar-refractivity contribution in [2.24, 2.45) is 0 Å². The lowest BCUT2D eigenvalue weighted by atomic mass is 10.2. The van der Waals surface area contributed by atoms with Crippen LogP contribution in [0.3, 0.4) is 0 Å². The summed E-state index contributed by atoms with van der Waals surface area (Å²) in [7, 11) is 0. The van der Waals surface area contributed by atoms with E-state index in [0.717, 1.165) is 23.0 Å². The Hall–Kier alpha value is -0.940. The molecule has 1 aromatic carbocycles. The molecule has 0 bridgehead atoms. The van der Waals surface area contributed by atoms with Crippen LogP contribution in [0.25, 0.3) is 0 Å². The maximum atomic E-state index is 10.9. The van der Waals surface area contributed by atoms with Crippen molar-refractivity contribution in [3.63, 3.8) is 0 Å². The number of nitro benzene ring substituents is 1. The van der Waals surface area contributed by atoms with Gasteiger partial charge in [-0.2, -0.15) is 0 Å². The van der Waals surface area contributed by atoms with Gasteiger partial charge in [0.1, 0.15) is 0 Å². The number of rotatable bonds is 7. The molecule has 0 fully saturated rings. The van der Waals surface area contributed by atoms with E-state index in [0.29, 0.717) is 6.54 Å². The highest BCUT2D eigenvalue weighted by Gasteiger charge is 2.13. The minimum Gasteiger partial charge on any atom is -0.312 e. The second-order valence-corrected chi connectivity index (χ2v) is 4.83. The fraction of sp³-hybridized carbons (Fsp3) is 0.500. The Morgan fingerprint density at radius 3 is 2.82 bits per heavy atom. The van der Waals surface area contributed by atoms with Gasteiger partial charge in [0, 0.05) is 22.6 Å². The molecule has 17 heavy (non-hydrogen) atoms. The molecule has 0 aliphatic carbocycles. The van der Waals surface area contributed by atoms with Crippen molar-refractivity contribution in [1.82, 2.24) is 5.32 Å². The van der Waals surface area contributed by atoms with Gasteiger partial charge in [-0.1, -0.05) is 35.7 Å². The summed E-state index contributed by atoms with van der Waals surface area (Å²) in [6.07, 6.45) is 3.48. The van der Waals surface area contributed by atoms with Crippen molar-refractivity contribution >= 4 is 21.6 Å². The van der Waals surface area contributed by atoms with Crippen LogP contribution >= 0.6 is 15.9 Å². The molecule has 0 saturated heterocycles. The molecule has 5 heteroatoms. The quantitative estimate of drug-likeness (QED) is 0.475. The van der Waals surface area contributed by atoms with Gasteiger partial charge < -0.3 is 5.32 Å². The molecular weight excluding hydrogens is 284 g/mol. The van der Waals surface area contributed by atoms with E-state index in [-0.39, 0.29) is 10.6 Å². The first kappa shape index (κ1) is 14.1. The van der Waals surface area contributed by atoms with Crippen molar-refractivity contribution in [3.8, 4) is 0 Å². The summed E-state index contributed by atoms with van der Waals surface area (Å²) in [5, 5.41) is 14.1. The van der Waals surface area contributed by atoms with Gasteiger partial charge in [0.2, 0.25) is 0 Å². The monoisotopic (exact) mass is 300 g/mol. The average molecular weight is 301 g/mol. The van der Waals surface area contributed by atoms with Crippen molar-refractivity contribution in [2.75, 3.05) is 6.54 Å². The molecule has 0 heterocycles. The highest BCUT2D eigenvalue weighted by molar-refractivity contribution is 9.10.